The third kappa shape index (κ3) is 3.47. The van der Waals surface area contributed by atoms with E-state index in [0.29, 0.717) is 18.3 Å². The van der Waals surface area contributed by atoms with E-state index in [0.717, 1.165) is 6.42 Å². The average molecular weight is 332 g/mol. The van der Waals surface area contributed by atoms with Gasteiger partial charge in [-0.1, -0.05) is 11.2 Å². The molecule has 1 saturated heterocycles. The van der Waals surface area contributed by atoms with E-state index in [-0.39, 0.29) is 24.2 Å². The normalized spacial score (nSPS) is 17.5. The molecule has 1 fully saturated rings. The van der Waals surface area contributed by atoms with Crippen molar-refractivity contribution in [3.63, 3.8) is 0 Å². The van der Waals surface area contributed by atoms with E-state index in [4.69, 9.17) is 9.26 Å². The van der Waals surface area contributed by atoms with Gasteiger partial charge in [0.15, 0.2) is 5.82 Å². The van der Waals surface area contributed by atoms with E-state index in [9.17, 15) is 9.59 Å². The number of pyridine rings is 1. The zero-order valence-electron chi connectivity index (χ0n) is 13.9. The average Bonchev–Trinajstić information content (AvgIpc) is 2.86. The first-order valence-electron chi connectivity index (χ1n) is 7.81. The molecule has 3 heterocycles. The summed E-state index contributed by atoms with van der Waals surface area (Å²) in [5, 5.41) is 3.94. The van der Waals surface area contributed by atoms with Gasteiger partial charge in [-0.3, -0.25) is 9.69 Å². The smallest absolute Gasteiger partial charge is 0.410 e. The Morgan fingerprint density at radius 2 is 2.21 bits per heavy atom. The van der Waals surface area contributed by atoms with Crippen LogP contribution in [-0.4, -0.2) is 37.8 Å². The van der Waals surface area contributed by atoms with E-state index in [2.05, 4.69) is 10.1 Å². The Labute approximate surface area is 139 Å². The maximum absolute atomic E-state index is 12.1. The highest BCUT2D eigenvalue weighted by molar-refractivity contribution is 5.69. The van der Waals surface area contributed by atoms with Crippen LogP contribution in [0.25, 0.3) is 0 Å². The number of nitrogens with zero attached hydrogens (tertiary/aromatic N) is 4. The summed E-state index contributed by atoms with van der Waals surface area (Å²) in [5.74, 6) is 0.764. The minimum absolute atomic E-state index is 0.142. The molecule has 0 N–H and O–H groups in total. The topological polar surface area (TPSA) is 90.5 Å². The first kappa shape index (κ1) is 16.2. The Balaban J connectivity index is 1.69. The Bertz CT molecular complexity index is 790. The third-order valence-electron chi connectivity index (χ3n) is 3.63. The van der Waals surface area contributed by atoms with Crippen molar-refractivity contribution in [2.75, 3.05) is 6.54 Å². The zero-order chi connectivity index (χ0) is 17.3. The second-order valence-corrected chi connectivity index (χ2v) is 6.69. The van der Waals surface area contributed by atoms with Crippen molar-refractivity contribution in [3.05, 3.63) is 46.5 Å². The Kier molecular flexibility index (Phi) is 4.13. The molecule has 1 aliphatic heterocycles. The number of rotatable bonds is 3. The summed E-state index contributed by atoms with van der Waals surface area (Å²) in [6, 6.07) is 4.65. The van der Waals surface area contributed by atoms with Gasteiger partial charge in [0, 0.05) is 18.8 Å². The molecule has 24 heavy (non-hydrogen) atoms. The van der Waals surface area contributed by atoms with Crippen molar-refractivity contribution in [1.82, 2.24) is 19.6 Å². The maximum atomic E-state index is 12.1. The summed E-state index contributed by atoms with van der Waals surface area (Å²) in [5.41, 5.74) is -0.690. The van der Waals surface area contributed by atoms with Crippen LogP contribution < -0.4 is 5.56 Å². The van der Waals surface area contributed by atoms with Crippen LogP contribution in [0.1, 0.15) is 44.9 Å². The molecule has 0 aliphatic carbocycles. The van der Waals surface area contributed by atoms with E-state index in [1.165, 1.54) is 10.6 Å². The van der Waals surface area contributed by atoms with Crippen molar-refractivity contribution >= 4 is 6.09 Å². The molecule has 0 radical (unpaired) electrons. The Hall–Kier alpha value is -2.64. The van der Waals surface area contributed by atoms with Crippen molar-refractivity contribution in [2.24, 2.45) is 0 Å². The molecule has 1 atom stereocenters. The number of aromatic nitrogens is 3. The molecule has 0 spiro atoms. The fourth-order valence-corrected chi connectivity index (χ4v) is 2.40. The molecule has 3 rings (SSSR count). The quantitative estimate of drug-likeness (QED) is 0.853. The summed E-state index contributed by atoms with van der Waals surface area (Å²) in [6.45, 7) is 6.27. The molecule has 2 aromatic heterocycles. The van der Waals surface area contributed by atoms with Crippen LogP contribution in [-0.2, 0) is 11.3 Å². The molecular weight excluding hydrogens is 312 g/mol. The zero-order valence-corrected chi connectivity index (χ0v) is 13.9. The van der Waals surface area contributed by atoms with Crippen molar-refractivity contribution in [3.8, 4) is 0 Å². The van der Waals surface area contributed by atoms with Crippen LogP contribution in [0.15, 0.2) is 33.7 Å². The van der Waals surface area contributed by atoms with Crippen molar-refractivity contribution < 1.29 is 14.1 Å². The van der Waals surface area contributed by atoms with Crippen LogP contribution >= 0.6 is 0 Å². The largest absolute Gasteiger partial charge is 0.444 e. The van der Waals surface area contributed by atoms with Gasteiger partial charge in [0.1, 0.15) is 18.2 Å². The maximum Gasteiger partial charge on any atom is 0.410 e. The van der Waals surface area contributed by atoms with Crippen LogP contribution in [0.2, 0.25) is 0 Å². The monoisotopic (exact) mass is 332 g/mol. The van der Waals surface area contributed by atoms with Gasteiger partial charge in [0.25, 0.3) is 5.56 Å². The highest BCUT2D eigenvalue weighted by atomic mass is 16.6. The number of carbonyl (C=O) groups is 1. The number of hydrogen-bond acceptors (Lipinski definition) is 6. The summed E-state index contributed by atoms with van der Waals surface area (Å²) >= 11 is 0. The van der Waals surface area contributed by atoms with Gasteiger partial charge >= 0.3 is 6.09 Å². The predicted molar refractivity (Wildman–Crippen MR) is 84.4 cm³/mol. The minimum Gasteiger partial charge on any atom is -0.444 e. The van der Waals surface area contributed by atoms with Crippen molar-refractivity contribution in [2.45, 2.75) is 45.4 Å². The van der Waals surface area contributed by atoms with Gasteiger partial charge < -0.3 is 13.8 Å². The molecule has 2 aromatic rings. The molecule has 1 aliphatic rings. The summed E-state index contributed by atoms with van der Waals surface area (Å²) < 4.78 is 12.1. The molecule has 128 valence electrons. The Morgan fingerprint density at radius 3 is 2.83 bits per heavy atom. The highest BCUT2D eigenvalue weighted by Crippen LogP contribution is 2.32. The highest BCUT2D eigenvalue weighted by Gasteiger charge is 2.39. The number of hydrogen-bond donors (Lipinski definition) is 0. The number of amides is 1. The summed E-state index contributed by atoms with van der Waals surface area (Å²) in [4.78, 5) is 29.7. The number of carbonyl (C=O) groups excluding carboxylic acids is 1. The number of ether oxygens (including phenoxy) is 1. The van der Waals surface area contributed by atoms with Gasteiger partial charge in [-0.05, 0) is 33.3 Å². The minimum atomic E-state index is -0.548. The summed E-state index contributed by atoms with van der Waals surface area (Å²) in [7, 11) is 0. The van der Waals surface area contributed by atoms with Crippen LogP contribution in [0, 0.1) is 0 Å². The second kappa shape index (κ2) is 6.10. The van der Waals surface area contributed by atoms with Gasteiger partial charge in [0.05, 0.1) is 0 Å². The first-order chi connectivity index (χ1) is 11.3. The van der Waals surface area contributed by atoms with Gasteiger partial charge in [-0.15, -0.1) is 0 Å². The first-order valence-corrected chi connectivity index (χ1v) is 7.81. The van der Waals surface area contributed by atoms with E-state index in [1.807, 2.05) is 20.8 Å². The molecule has 0 bridgehead atoms. The standard InChI is InChI=1S/C16H20N4O4/c1-16(2,3)23-15(22)20-9-7-11(20)14-17-12(24-18-14)10-19-8-5-4-6-13(19)21/h4-6,8,11H,7,9-10H2,1-3H3/t11-/m0/s1. The van der Waals surface area contributed by atoms with Crippen LogP contribution in [0.3, 0.4) is 0 Å². The molecule has 0 saturated carbocycles. The lowest BCUT2D eigenvalue weighted by Crippen LogP contribution is -2.47. The van der Waals surface area contributed by atoms with Gasteiger partial charge in [0.2, 0.25) is 5.89 Å². The molecular formula is C16H20N4O4. The molecule has 1 amide bonds. The lowest BCUT2D eigenvalue weighted by molar-refractivity contribution is -0.00772. The van der Waals surface area contributed by atoms with E-state index >= 15 is 0 Å². The lowest BCUT2D eigenvalue weighted by Gasteiger charge is -2.39. The Morgan fingerprint density at radius 1 is 1.42 bits per heavy atom. The van der Waals surface area contributed by atoms with Crippen molar-refractivity contribution in [1.29, 1.82) is 0 Å². The van der Waals surface area contributed by atoms with Gasteiger partial charge in [-0.2, -0.15) is 4.98 Å². The molecule has 8 heteroatoms. The van der Waals surface area contributed by atoms with Gasteiger partial charge in [-0.25, -0.2) is 4.79 Å². The fraction of sp³-hybridized carbons (Fsp3) is 0.500. The van der Waals surface area contributed by atoms with Crippen LogP contribution in [0.5, 0.6) is 0 Å². The predicted octanol–water partition coefficient (Wildman–Crippen LogP) is 1.96. The molecule has 8 nitrogen and oxygen atoms in total. The molecule has 0 unspecified atom stereocenters. The fourth-order valence-electron chi connectivity index (χ4n) is 2.40. The summed E-state index contributed by atoms with van der Waals surface area (Å²) in [6.07, 6.45) is 2.02. The lowest BCUT2D eigenvalue weighted by atomic mass is 10.0. The van der Waals surface area contributed by atoms with E-state index < -0.39 is 5.60 Å². The second-order valence-electron chi connectivity index (χ2n) is 6.69. The SMILES string of the molecule is CC(C)(C)OC(=O)N1CC[C@H]1c1noc(Cn2ccccc2=O)n1. The van der Waals surface area contributed by atoms with Crippen LogP contribution in [0.4, 0.5) is 4.79 Å². The number of likely N-dealkylation sites (tertiary alicyclic amines) is 1. The molecule has 0 aromatic carbocycles. The third-order valence-corrected chi connectivity index (χ3v) is 3.63. The van der Waals surface area contributed by atoms with E-state index in [1.54, 1.807) is 23.2 Å².